The molecule has 122 valence electrons. The summed E-state index contributed by atoms with van der Waals surface area (Å²) >= 11 is 0. The number of ether oxygens (including phenoxy) is 1. The van der Waals surface area contributed by atoms with E-state index in [9.17, 15) is 18.0 Å². The monoisotopic (exact) mass is 315 g/mol. The number of hydrogen-bond acceptors (Lipinski definition) is 2. The molecule has 1 aromatic carbocycles. The van der Waals surface area contributed by atoms with Gasteiger partial charge in [0.05, 0.1) is 7.11 Å². The minimum absolute atomic E-state index is 0.127. The summed E-state index contributed by atoms with van der Waals surface area (Å²) in [4.78, 5) is 12.7. The third kappa shape index (κ3) is 3.54. The van der Waals surface area contributed by atoms with Gasteiger partial charge in [-0.2, -0.15) is 13.2 Å². The molecule has 0 bridgehead atoms. The van der Waals surface area contributed by atoms with Crippen LogP contribution in [0.4, 0.5) is 13.2 Å². The number of aryl methyl sites for hydroxylation is 1. The Kier molecular flexibility index (Phi) is 4.98. The van der Waals surface area contributed by atoms with Crippen molar-refractivity contribution in [2.24, 2.45) is 0 Å². The summed E-state index contributed by atoms with van der Waals surface area (Å²) < 4.78 is 43.5. The molecule has 0 radical (unpaired) electrons. The first-order valence-corrected chi connectivity index (χ1v) is 7.40. The van der Waals surface area contributed by atoms with E-state index in [0.29, 0.717) is 31.4 Å². The van der Waals surface area contributed by atoms with Crippen LogP contribution >= 0.6 is 0 Å². The van der Waals surface area contributed by atoms with Gasteiger partial charge in [-0.3, -0.25) is 4.79 Å². The van der Waals surface area contributed by atoms with E-state index in [4.69, 9.17) is 4.74 Å². The molecule has 0 heterocycles. The van der Waals surface area contributed by atoms with Gasteiger partial charge in [0.15, 0.2) is 0 Å². The third-order valence-electron chi connectivity index (χ3n) is 4.02. The molecule has 1 aliphatic rings. The molecule has 0 saturated carbocycles. The van der Waals surface area contributed by atoms with Crippen LogP contribution in [0.5, 0.6) is 5.75 Å². The lowest BCUT2D eigenvalue weighted by Gasteiger charge is -2.35. The molecule has 3 nitrogen and oxygen atoms in total. The Labute approximate surface area is 128 Å². The lowest BCUT2D eigenvalue weighted by atomic mass is 9.87. The van der Waals surface area contributed by atoms with Crippen LogP contribution in [0, 0.1) is 0 Å². The van der Waals surface area contributed by atoms with E-state index in [1.54, 1.807) is 14.0 Å². The number of amides is 1. The predicted molar refractivity (Wildman–Crippen MR) is 76.9 cm³/mol. The second kappa shape index (κ2) is 6.58. The van der Waals surface area contributed by atoms with E-state index >= 15 is 0 Å². The second-order valence-corrected chi connectivity index (χ2v) is 5.53. The van der Waals surface area contributed by atoms with E-state index < -0.39 is 18.1 Å². The van der Waals surface area contributed by atoms with Gasteiger partial charge in [0.1, 0.15) is 5.75 Å². The summed E-state index contributed by atoms with van der Waals surface area (Å²) in [6.45, 7) is 1.90. The van der Waals surface area contributed by atoms with Gasteiger partial charge >= 0.3 is 12.1 Å². The first-order chi connectivity index (χ1) is 10.4. The SMILES string of the molecule is CCCN(C(=O)C(F)(F)F)C1CCc2ccc(OC)cc2C1. The van der Waals surface area contributed by atoms with Crippen LogP contribution in [0.15, 0.2) is 18.2 Å². The van der Waals surface area contributed by atoms with Gasteiger partial charge in [-0.1, -0.05) is 13.0 Å². The van der Waals surface area contributed by atoms with Crippen molar-refractivity contribution in [3.8, 4) is 5.75 Å². The van der Waals surface area contributed by atoms with E-state index in [2.05, 4.69) is 0 Å². The van der Waals surface area contributed by atoms with Crippen LogP contribution in [0.3, 0.4) is 0 Å². The fourth-order valence-corrected chi connectivity index (χ4v) is 2.96. The average molecular weight is 315 g/mol. The molecule has 1 unspecified atom stereocenters. The zero-order chi connectivity index (χ0) is 16.3. The zero-order valence-electron chi connectivity index (χ0n) is 12.7. The van der Waals surface area contributed by atoms with E-state index in [1.807, 2.05) is 18.2 Å². The van der Waals surface area contributed by atoms with Crippen molar-refractivity contribution in [3.05, 3.63) is 29.3 Å². The topological polar surface area (TPSA) is 29.5 Å². The van der Waals surface area contributed by atoms with Crippen molar-refractivity contribution in [3.63, 3.8) is 0 Å². The number of carbonyl (C=O) groups excluding carboxylic acids is 1. The molecule has 1 aromatic rings. The van der Waals surface area contributed by atoms with Gasteiger partial charge in [0, 0.05) is 12.6 Å². The van der Waals surface area contributed by atoms with E-state index in [-0.39, 0.29) is 6.54 Å². The molecule has 6 heteroatoms. The predicted octanol–water partition coefficient (Wildman–Crippen LogP) is 3.35. The number of benzene rings is 1. The minimum atomic E-state index is -4.82. The number of methoxy groups -OCH3 is 1. The van der Waals surface area contributed by atoms with Gasteiger partial charge in [0.25, 0.3) is 0 Å². The average Bonchev–Trinajstić information content (AvgIpc) is 2.50. The number of carbonyl (C=O) groups is 1. The maximum absolute atomic E-state index is 12.8. The third-order valence-corrected chi connectivity index (χ3v) is 4.02. The lowest BCUT2D eigenvalue weighted by Crippen LogP contribution is -2.49. The Bertz CT molecular complexity index is 543. The number of fused-ring (bicyclic) bond motifs is 1. The maximum atomic E-state index is 12.8. The highest BCUT2D eigenvalue weighted by molar-refractivity contribution is 5.82. The first kappa shape index (κ1) is 16.6. The Morgan fingerprint density at radius 2 is 2.09 bits per heavy atom. The normalized spacial score (nSPS) is 17.8. The highest BCUT2D eigenvalue weighted by Crippen LogP contribution is 2.30. The molecule has 22 heavy (non-hydrogen) atoms. The number of halogens is 3. The fourth-order valence-electron chi connectivity index (χ4n) is 2.96. The highest BCUT2D eigenvalue weighted by Gasteiger charge is 2.44. The molecule has 0 aromatic heterocycles. The largest absolute Gasteiger partial charge is 0.497 e. The van der Waals surface area contributed by atoms with Crippen LogP contribution in [-0.4, -0.2) is 36.7 Å². The van der Waals surface area contributed by atoms with E-state index in [1.165, 1.54) is 0 Å². The van der Waals surface area contributed by atoms with Crippen molar-refractivity contribution in [2.75, 3.05) is 13.7 Å². The van der Waals surface area contributed by atoms with Gasteiger partial charge in [-0.05, 0) is 48.9 Å². The minimum Gasteiger partial charge on any atom is -0.497 e. The summed E-state index contributed by atoms with van der Waals surface area (Å²) in [5.74, 6) is -1.05. The number of hydrogen-bond donors (Lipinski definition) is 0. The molecule has 0 aliphatic heterocycles. The van der Waals surface area contributed by atoms with Crippen molar-refractivity contribution in [1.29, 1.82) is 0 Å². The molecule has 1 aliphatic carbocycles. The van der Waals surface area contributed by atoms with Crippen molar-refractivity contribution < 1.29 is 22.7 Å². The Hall–Kier alpha value is -1.72. The second-order valence-electron chi connectivity index (χ2n) is 5.53. The number of nitrogens with zero attached hydrogens (tertiary/aromatic N) is 1. The fraction of sp³-hybridized carbons (Fsp3) is 0.562. The van der Waals surface area contributed by atoms with Crippen LogP contribution in [0.2, 0.25) is 0 Å². The molecule has 0 N–H and O–H groups in total. The smallest absolute Gasteiger partial charge is 0.471 e. The van der Waals surface area contributed by atoms with Crippen LogP contribution in [0.1, 0.15) is 30.9 Å². The van der Waals surface area contributed by atoms with Crippen molar-refractivity contribution in [1.82, 2.24) is 4.90 Å². The molecule has 0 saturated heterocycles. The standard InChI is InChI=1S/C16H20F3NO2/c1-3-8-20(15(21)16(17,18)19)13-6-4-11-5-7-14(22-2)10-12(11)9-13/h5,7,10,13H,3-4,6,8-9H2,1-2H3. The highest BCUT2D eigenvalue weighted by atomic mass is 19.4. The Morgan fingerprint density at radius 1 is 1.36 bits per heavy atom. The van der Waals surface area contributed by atoms with Gasteiger partial charge in [0.2, 0.25) is 0 Å². The molecule has 1 amide bonds. The summed E-state index contributed by atoms with van der Waals surface area (Å²) in [6, 6.07) is 5.24. The first-order valence-electron chi connectivity index (χ1n) is 7.40. The molecule has 0 spiro atoms. The number of rotatable bonds is 4. The molecule has 1 atom stereocenters. The van der Waals surface area contributed by atoms with Gasteiger partial charge in [-0.25, -0.2) is 0 Å². The summed E-state index contributed by atoms with van der Waals surface area (Å²) in [5.41, 5.74) is 2.08. The van der Waals surface area contributed by atoms with Gasteiger partial charge in [-0.15, -0.1) is 0 Å². The van der Waals surface area contributed by atoms with Crippen molar-refractivity contribution in [2.45, 2.75) is 44.8 Å². The quantitative estimate of drug-likeness (QED) is 0.853. The van der Waals surface area contributed by atoms with Gasteiger partial charge < -0.3 is 9.64 Å². The Balaban J connectivity index is 2.22. The number of alkyl halides is 3. The molecule has 2 rings (SSSR count). The van der Waals surface area contributed by atoms with E-state index in [0.717, 1.165) is 16.0 Å². The molecule has 0 fully saturated rings. The zero-order valence-corrected chi connectivity index (χ0v) is 12.7. The van der Waals surface area contributed by atoms with Crippen LogP contribution < -0.4 is 4.74 Å². The maximum Gasteiger partial charge on any atom is 0.471 e. The van der Waals surface area contributed by atoms with Crippen LogP contribution in [-0.2, 0) is 17.6 Å². The Morgan fingerprint density at radius 3 is 2.68 bits per heavy atom. The molecular weight excluding hydrogens is 295 g/mol. The molecular formula is C16H20F3NO2. The lowest BCUT2D eigenvalue weighted by molar-refractivity contribution is -0.188. The van der Waals surface area contributed by atoms with Crippen LogP contribution in [0.25, 0.3) is 0 Å². The summed E-state index contributed by atoms with van der Waals surface area (Å²) in [7, 11) is 1.55. The summed E-state index contributed by atoms with van der Waals surface area (Å²) in [6.07, 6.45) is -2.64. The van der Waals surface area contributed by atoms with Crippen molar-refractivity contribution >= 4 is 5.91 Å². The summed E-state index contributed by atoms with van der Waals surface area (Å²) in [5, 5.41) is 0.